The Bertz CT molecular complexity index is 1090. The van der Waals surface area contributed by atoms with Gasteiger partial charge in [-0.1, -0.05) is 12.1 Å². The highest BCUT2D eigenvalue weighted by Gasteiger charge is 2.17. The first-order valence-electron chi connectivity index (χ1n) is 8.06. The molecule has 2 heterocycles. The summed E-state index contributed by atoms with van der Waals surface area (Å²) in [7, 11) is -3.76. The Hall–Kier alpha value is -3.29. The number of aromatic nitrogens is 4. The standard InChI is InChI=1S/C17H17N7O2S/c1-13-19-8-9-24(13)17-10-16(21-12-22-17)20-6-7-23-27(25,26)15-5-3-2-4-14(15)11-18/h2-5,8-10,12,23H,6-7H2,1H3,(H,20,21,22). The lowest BCUT2D eigenvalue weighted by Crippen LogP contribution is -2.29. The monoisotopic (exact) mass is 383 g/mol. The summed E-state index contributed by atoms with van der Waals surface area (Å²) >= 11 is 0. The number of nitriles is 1. The molecule has 0 aliphatic heterocycles. The van der Waals surface area contributed by atoms with Gasteiger partial charge in [0.2, 0.25) is 10.0 Å². The first-order valence-corrected chi connectivity index (χ1v) is 9.54. The lowest BCUT2D eigenvalue weighted by atomic mass is 10.2. The van der Waals surface area contributed by atoms with Gasteiger partial charge in [-0.2, -0.15) is 5.26 Å². The number of anilines is 1. The molecule has 10 heteroatoms. The number of rotatable bonds is 7. The quantitative estimate of drug-likeness (QED) is 0.588. The van der Waals surface area contributed by atoms with Crippen LogP contribution in [0.1, 0.15) is 11.4 Å². The van der Waals surface area contributed by atoms with E-state index in [9.17, 15) is 8.42 Å². The minimum atomic E-state index is -3.76. The molecule has 0 radical (unpaired) electrons. The predicted molar refractivity (Wildman–Crippen MR) is 98.7 cm³/mol. The fourth-order valence-electron chi connectivity index (χ4n) is 2.44. The fourth-order valence-corrected chi connectivity index (χ4v) is 3.63. The minimum absolute atomic E-state index is 0.0348. The Kier molecular flexibility index (Phi) is 5.44. The van der Waals surface area contributed by atoms with Crippen LogP contribution in [0, 0.1) is 18.3 Å². The maximum absolute atomic E-state index is 12.3. The number of nitrogens with zero attached hydrogens (tertiary/aromatic N) is 5. The third-order valence-electron chi connectivity index (χ3n) is 3.75. The van der Waals surface area contributed by atoms with E-state index in [0.29, 0.717) is 18.2 Å². The molecule has 0 unspecified atom stereocenters. The summed E-state index contributed by atoms with van der Waals surface area (Å²) in [6.45, 7) is 2.31. The number of aryl methyl sites for hydroxylation is 1. The first-order chi connectivity index (χ1) is 13.0. The smallest absolute Gasteiger partial charge is 0.241 e. The van der Waals surface area contributed by atoms with Crippen molar-refractivity contribution in [2.75, 3.05) is 18.4 Å². The van der Waals surface area contributed by atoms with Crippen molar-refractivity contribution in [1.82, 2.24) is 24.2 Å². The fraction of sp³-hybridized carbons (Fsp3) is 0.176. The van der Waals surface area contributed by atoms with Gasteiger partial charge in [-0.3, -0.25) is 4.57 Å². The van der Waals surface area contributed by atoms with Gasteiger partial charge >= 0.3 is 0 Å². The second kappa shape index (κ2) is 7.94. The summed E-state index contributed by atoms with van der Waals surface area (Å²) in [6, 6.07) is 9.69. The van der Waals surface area contributed by atoms with Crippen molar-refractivity contribution in [3.05, 3.63) is 60.4 Å². The summed E-state index contributed by atoms with van der Waals surface area (Å²) < 4.78 is 29.0. The Morgan fingerprint density at radius 1 is 1.19 bits per heavy atom. The average molecular weight is 383 g/mol. The second-order valence-electron chi connectivity index (χ2n) is 5.54. The number of hydrogen-bond donors (Lipinski definition) is 2. The number of nitrogens with one attached hydrogen (secondary N) is 2. The van der Waals surface area contributed by atoms with Gasteiger partial charge in [0.1, 0.15) is 29.9 Å². The number of imidazole rings is 1. The molecule has 0 atom stereocenters. The van der Waals surface area contributed by atoms with Crippen LogP contribution in [-0.4, -0.2) is 41.0 Å². The molecule has 0 spiro atoms. The Balaban J connectivity index is 1.61. The van der Waals surface area contributed by atoms with E-state index in [0.717, 1.165) is 5.82 Å². The van der Waals surface area contributed by atoms with Gasteiger partial charge in [-0.05, 0) is 19.1 Å². The van der Waals surface area contributed by atoms with Crippen molar-refractivity contribution in [3.8, 4) is 11.9 Å². The topological polar surface area (TPSA) is 126 Å². The van der Waals surface area contributed by atoms with E-state index in [1.165, 1.54) is 18.5 Å². The Morgan fingerprint density at radius 2 is 2.00 bits per heavy atom. The highest BCUT2D eigenvalue weighted by molar-refractivity contribution is 7.89. The maximum Gasteiger partial charge on any atom is 0.241 e. The summed E-state index contributed by atoms with van der Waals surface area (Å²) in [4.78, 5) is 12.4. The third-order valence-corrected chi connectivity index (χ3v) is 5.26. The molecule has 27 heavy (non-hydrogen) atoms. The van der Waals surface area contributed by atoms with Crippen LogP contribution in [0.25, 0.3) is 5.82 Å². The van der Waals surface area contributed by atoms with Crippen LogP contribution in [0.5, 0.6) is 0 Å². The zero-order valence-corrected chi connectivity index (χ0v) is 15.3. The predicted octanol–water partition coefficient (Wildman–Crippen LogP) is 1.23. The highest BCUT2D eigenvalue weighted by atomic mass is 32.2. The van der Waals surface area contributed by atoms with Crippen LogP contribution >= 0.6 is 0 Å². The zero-order chi connectivity index (χ0) is 19.3. The molecule has 0 saturated carbocycles. The van der Waals surface area contributed by atoms with E-state index in [1.807, 2.05) is 17.6 Å². The van der Waals surface area contributed by atoms with E-state index in [4.69, 9.17) is 5.26 Å². The molecule has 2 aromatic heterocycles. The largest absolute Gasteiger partial charge is 0.369 e. The third kappa shape index (κ3) is 4.28. The van der Waals surface area contributed by atoms with Crippen LogP contribution in [0.2, 0.25) is 0 Å². The maximum atomic E-state index is 12.3. The summed E-state index contributed by atoms with van der Waals surface area (Å²) in [5, 5.41) is 12.1. The Labute approximate surface area is 156 Å². The molecule has 0 aliphatic rings. The van der Waals surface area contributed by atoms with Gasteiger partial charge in [0.25, 0.3) is 0 Å². The minimum Gasteiger partial charge on any atom is -0.369 e. The first kappa shape index (κ1) is 18.5. The molecule has 0 fully saturated rings. The van der Waals surface area contributed by atoms with Crippen molar-refractivity contribution >= 4 is 15.8 Å². The molecule has 3 rings (SSSR count). The molecule has 138 valence electrons. The van der Waals surface area contributed by atoms with Gasteiger partial charge in [0.15, 0.2) is 0 Å². The molecule has 0 bridgehead atoms. The van der Waals surface area contributed by atoms with Gasteiger partial charge in [-0.25, -0.2) is 28.1 Å². The number of benzene rings is 1. The molecule has 0 aliphatic carbocycles. The van der Waals surface area contributed by atoms with E-state index >= 15 is 0 Å². The van der Waals surface area contributed by atoms with Crippen LogP contribution < -0.4 is 10.0 Å². The molecule has 1 aromatic carbocycles. The molecule has 3 aromatic rings. The van der Waals surface area contributed by atoms with Gasteiger partial charge < -0.3 is 5.32 Å². The molecular formula is C17H17N7O2S. The molecule has 2 N–H and O–H groups in total. The number of hydrogen-bond acceptors (Lipinski definition) is 7. The number of sulfonamides is 1. The lowest BCUT2D eigenvalue weighted by molar-refractivity contribution is 0.582. The van der Waals surface area contributed by atoms with Gasteiger partial charge in [0, 0.05) is 31.5 Å². The highest BCUT2D eigenvalue weighted by Crippen LogP contribution is 2.14. The average Bonchev–Trinajstić information content (AvgIpc) is 3.11. The molecule has 9 nitrogen and oxygen atoms in total. The van der Waals surface area contributed by atoms with Crippen molar-refractivity contribution < 1.29 is 8.42 Å². The molecule has 0 saturated heterocycles. The van der Waals surface area contributed by atoms with E-state index in [2.05, 4.69) is 25.0 Å². The van der Waals surface area contributed by atoms with Gasteiger partial charge in [0.05, 0.1) is 10.5 Å². The van der Waals surface area contributed by atoms with Crippen molar-refractivity contribution in [3.63, 3.8) is 0 Å². The van der Waals surface area contributed by atoms with Gasteiger partial charge in [-0.15, -0.1) is 0 Å². The van der Waals surface area contributed by atoms with Crippen LogP contribution in [-0.2, 0) is 10.0 Å². The van der Waals surface area contributed by atoms with Crippen molar-refractivity contribution in [2.45, 2.75) is 11.8 Å². The summed E-state index contributed by atoms with van der Waals surface area (Å²) in [6.07, 6.45) is 4.89. The Morgan fingerprint density at radius 3 is 2.74 bits per heavy atom. The van der Waals surface area contributed by atoms with E-state index in [-0.39, 0.29) is 17.0 Å². The van der Waals surface area contributed by atoms with E-state index in [1.54, 1.807) is 30.6 Å². The molecule has 0 amide bonds. The normalized spacial score (nSPS) is 11.1. The van der Waals surface area contributed by atoms with Crippen molar-refractivity contribution in [2.24, 2.45) is 0 Å². The van der Waals surface area contributed by atoms with Crippen LogP contribution in [0.4, 0.5) is 5.82 Å². The summed E-state index contributed by atoms with van der Waals surface area (Å²) in [5.74, 6) is 2.01. The summed E-state index contributed by atoms with van der Waals surface area (Å²) in [5.41, 5.74) is 0.106. The SMILES string of the molecule is Cc1nccn1-c1cc(NCCNS(=O)(=O)c2ccccc2C#N)ncn1. The molecular weight excluding hydrogens is 366 g/mol. The van der Waals surface area contributed by atoms with Crippen LogP contribution in [0.15, 0.2) is 53.9 Å². The zero-order valence-electron chi connectivity index (χ0n) is 14.5. The van der Waals surface area contributed by atoms with E-state index < -0.39 is 10.0 Å². The van der Waals surface area contributed by atoms with Crippen LogP contribution in [0.3, 0.4) is 0 Å². The lowest BCUT2D eigenvalue weighted by Gasteiger charge is -2.10. The second-order valence-corrected chi connectivity index (χ2v) is 7.27. The van der Waals surface area contributed by atoms with Crippen molar-refractivity contribution in [1.29, 1.82) is 5.26 Å².